The Hall–Kier alpha value is -7.93. The lowest BCUT2D eigenvalue weighted by atomic mass is 9.85. The van der Waals surface area contributed by atoms with Gasteiger partial charge in [-0.3, -0.25) is 28.9 Å². The highest BCUT2D eigenvalue weighted by Gasteiger charge is 2.52. The minimum Gasteiger partial charge on any atom is -0.479 e. The summed E-state index contributed by atoms with van der Waals surface area (Å²) in [5, 5.41) is 44.3. The number of hydrogen-bond acceptors (Lipinski definition) is 19. The van der Waals surface area contributed by atoms with Crippen molar-refractivity contribution in [3.05, 3.63) is 86.7 Å². The number of hydrogen-bond donors (Lipinski definition) is 5. The molecule has 1 saturated heterocycles. The molecule has 0 spiro atoms. The molecule has 6 atom stereocenters. The van der Waals surface area contributed by atoms with Gasteiger partial charge in [-0.25, -0.2) is 19.4 Å². The van der Waals surface area contributed by atoms with Crippen LogP contribution in [0.3, 0.4) is 0 Å². The zero-order valence-electron chi connectivity index (χ0n) is 38.4. The average molecular weight is 996 g/mol. The first-order valence-electron chi connectivity index (χ1n) is 22.8. The van der Waals surface area contributed by atoms with Gasteiger partial charge in [-0.15, -0.1) is 0 Å². The summed E-state index contributed by atoms with van der Waals surface area (Å²) in [5.41, 5.74) is 1.03. The number of pyridine rings is 2. The van der Waals surface area contributed by atoms with Crippen molar-refractivity contribution in [3.8, 4) is 28.6 Å². The van der Waals surface area contributed by atoms with Crippen LogP contribution in [0.5, 0.6) is 17.2 Å². The van der Waals surface area contributed by atoms with Crippen LogP contribution in [0.2, 0.25) is 0 Å². The van der Waals surface area contributed by atoms with Crippen LogP contribution in [0.15, 0.2) is 53.3 Å². The number of carboxylic acids is 1. The molecule has 2 aromatic heterocycles. The average Bonchev–Trinajstić information content (AvgIpc) is 3.84. The van der Waals surface area contributed by atoms with Crippen LogP contribution in [0.1, 0.15) is 66.3 Å². The highest BCUT2D eigenvalue weighted by atomic mass is 16.7. The molecule has 24 nitrogen and oxygen atoms in total. The standard InChI is InChI=1S/C48H45N5O19/c1-3-48(26-14-29-38-24(16-53(29)43(61)25(26)19-66-46(48)64)37(22-5-6-22)23-13-31-32(69-20-68-31)15-27(23)50-38)72-47(65)67-18-21-4-7-30(70-45-41(60)39(58)40(59)42(71-45)44(62)63)28(12-21)49-33(54)17-51(2)34(55)10-11-52-35(56)8-9-36(52)57/h4,7-9,12-15,22,39-42,45,58-60H,3,5-6,10-11,16-20H2,1-2H3,(H,49,54)(H,62,63)/t39-,40-,41?,42?,45+,48-/m0/s1. The molecule has 72 heavy (non-hydrogen) atoms. The van der Waals surface area contributed by atoms with E-state index in [1.165, 1.54) is 25.2 Å². The molecule has 24 heteroatoms. The lowest BCUT2D eigenvalue weighted by molar-refractivity contribution is -0.271. The van der Waals surface area contributed by atoms with Gasteiger partial charge < -0.3 is 68.4 Å². The van der Waals surface area contributed by atoms with Crippen LogP contribution in [0.25, 0.3) is 22.3 Å². The predicted molar refractivity (Wildman–Crippen MR) is 240 cm³/mol. The molecule has 1 aliphatic carbocycles. The summed E-state index contributed by atoms with van der Waals surface area (Å²) in [6, 6.07) is 9.12. The Morgan fingerprint density at radius 3 is 2.38 bits per heavy atom. The topological polar surface area (TPSA) is 318 Å². The predicted octanol–water partition coefficient (Wildman–Crippen LogP) is 1.03. The van der Waals surface area contributed by atoms with Crippen LogP contribution in [-0.4, -0.2) is 139 Å². The van der Waals surface area contributed by atoms with Crippen molar-refractivity contribution in [2.45, 2.75) is 94.6 Å². The van der Waals surface area contributed by atoms with Crippen molar-refractivity contribution >= 4 is 58.3 Å². The second-order valence-corrected chi connectivity index (χ2v) is 18.0. The SMILES string of the molecule is CC[C@@]1(OC(=O)OCc2ccc(O[C@@H]3OC(C(=O)O)[C@@H](O)[C@H](O)C3O)c(NC(=O)CN(C)C(=O)CCN3C(=O)C=CC3=O)c2)C(=O)OCc2c1cc1n(c2=O)Cc2c-1nc1cc3c(cc1c2C1CC1)OCO3. The molecular formula is C48H45N5O19. The fraction of sp³-hybridized carbons (Fsp3) is 0.396. The number of carbonyl (C=O) groups excluding carboxylic acids is 6. The molecular weight excluding hydrogens is 951 g/mol. The Balaban J connectivity index is 0.893. The highest BCUT2D eigenvalue weighted by Crippen LogP contribution is 2.51. The molecule has 376 valence electrons. The van der Waals surface area contributed by atoms with E-state index in [1.54, 1.807) is 23.6 Å². The summed E-state index contributed by atoms with van der Waals surface area (Å²) in [6.45, 7) is 0.0504. The second-order valence-electron chi connectivity index (χ2n) is 18.0. The van der Waals surface area contributed by atoms with E-state index in [-0.39, 0.29) is 73.4 Å². The first-order valence-corrected chi connectivity index (χ1v) is 22.8. The number of aliphatic hydroxyl groups is 3. The number of benzene rings is 2. The smallest absolute Gasteiger partial charge is 0.479 e. The van der Waals surface area contributed by atoms with E-state index >= 15 is 0 Å². The number of aliphatic hydroxyl groups excluding tert-OH is 3. The Morgan fingerprint density at radius 1 is 0.931 bits per heavy atom. The van der Waals surface area contributed by atoms with Crippen LogP contribution >= 0.6 is 0 Å². The number of aliphatic carboxylic acids is 1. The van der Waals surface area contributed by atoms with Gasteiger partial charge >= 0.3 is 18.1 Å². The fourth-order valence-corrected chi connectivity index (χ4v) is 9.49. The van der Waals surface area contributed by atoms with E-state index in [9.17, 15) is 58.8 Å². The number of aromatic nitrogens is 2. The summed E-state index contributed by atoms with van der Waals surface area (Å²) >= 11 is 0. The second kappa shape index (κ2) is 18.4. The number of nitrogens with zero attached hydrogens (tertiary/aromatic N) is 4. The Kier molecular flexibility index (Phi) is 12.2. The molecule has 1 saturated carbocycles. The number of carbonyl (C=O) groups is 7. The number of ether oxygens (including phenoxy) is 7. The summed E-state index contributed by atoms with van der Waals surface area (Å²) < 4.78 is 40.7. The third kappa shape index (κ3) is 8.39. The van der Waals surface area contributed by atoms with Gasteiger partial charge in [0.2, 0.25) is 30.5 Å². The van der Waals surface area contributed by atoms with Crippen molar-refractivity contribution in [2.24, 2.45) is 0 Å². The molecule has 2 unspecified atom stereocenters. The van der Waals surface area contributed by atoms with Gasteiger partial charge in [-0.2, -0.15) is 0 Å². The molecule has 5 aliphatic heterocycles. The zero-order chi connectivity index (χ0) is 50.9. The summed E-state index contributed by atoms with van der Waals surface area (Å²) in [5.74, 6) is -4.18. The van der Waals surface area contributed by atoms with E-state index in [2.05, 4.69) is 5.32 Å². The van der Waals surface area contributed by atoms with Crippen LogP contribution in [0.4, 0.5) is 10.5 Å². The maximum atomic E-state index is 14.4. The van der Waals surface area contributed by atoms with Crippen molar-refractivity contribution in [3.63, 3.8) is 0 Å². The molecule has 2 aromatic carbocycles. The van der Waals surface area contributed by atoms with Gasteiger partial charge in [0.05, 0.1) is 41.2 Å². The Bertz CT molecular complexity index is 3090. The molecule has 0 bridgehead atoms. The normalized spacial score (nSPS) is 23.5. The quantitative estimate of drug-likeness (QED) is 0.0766. The van der Waals surface area contributed by atoms with E-state index in [0.29, 0.717) is 28.4 Å². The lowest BCUT2D eigenvalue weighted by Crippen LogP contribution is -2.61. The number of imide groups is 1. The monoisotopic (exact) mass is 995 g/mol. The third-order valence-corrected chi connectivity index (χ3v) is 13.4. The van der Waals surface area contributed by atoms with Gasteiger partial charge in [-0.1, -0.05) is 13.0 Å². The number of anilines is 1. The van der Waals surface area contributed by atoms with Crippen molar-refractivity contribution in [1.29, 1.82) is 0 Å². The zero-order valence-corrected chi connectivity index (χ0v) is 38.4. The van der Waals surface area contributed by atoms with Crippen molar-refractivity contribution in [1.82, 2.24) is 19.4 Å². The summed E-state index contributed by atoms with van der Waals surface area (Å²) in [4.78, 5) is 111. The number of cyclic esters (lactones) is 1. The molecule has 6 aliphatic rings. The van der Waals surface area contributed by atoms with Crippen LogP contribution in [0, 0.1) is 0 Å². The lowest BCUT2D eigenvalue weighted by Gasteiger charge is -2.38. The third-order valence-electron chi connectivity index (χ3n) is 13.4. The summed E-state index contributed by atoms with van der Waals surface area (Å²) in [7, 11) is 1.29. The van der Waals surface area contributed by atoms with Gasteiger partial charge in [0.1, 0.15) is 37.3 Å². The van der Waals surface area contributed by atoms with E-state index in [0.717, 1.165) is 51.3 Å². The number of rotatable bonds is 14. The molecule has 4 amide bonds. The number of likely N-dealkylation sites (N-methyl/N-ethyl adjacent to an activating group) is 1. The molecule has 2 fully saturated rings. The molecule has 10 rings (SSSR count). The highest BCUT2D eigenvalue weighted by molar-refractivity contribution is 6.13. The minimum atomic E-state index is -2.14. The number of amides is 4. The van der Waals surface area contributed by atoms with Gasteiger partial charge in [0.15, 0.2) is 17.6 Å². The van der Waals surface area contributed by atoms with E-state index in [1.807, 2.05) is 6.07 Å². The number of esters is 1. The Labute approximate surface area is 406 Å². The van der Waals surface area contributed by atoms with Crippen molar-refractivity contribution in [2.75, 3.05) is 32.2 Å². The number of nitrogens with one attached hydrogen (secondary N) is 1. The maximum Gasteiger partial charge on any atom is 0.510 e. The first-order chi connectivity index (χ1) is 34.5. The maximum absolute atomic E-state index is 14.4. The number of fused-ring (bicyclic) bond motifs is 6. The van der Waals surface area contributed by atoms with Gasteiger partial charge in [-0.05, 0) is 60.6 Å². The van der Waals surface area contributed by atoms with E-state index in [4.69, 9.17) is 38.1 Å². The van der Waals surface area contributed by atoms with E-state index < -0.39 is 96.7 Å². The first kappa shape index (κ1) is 47.7. The minimum absolute atomic E-state index is 0.0748. The van der Waals surface area contributed by atoms with Crippen molar-refractivity contribution < 1.29 is 87.1 Å². The molecule has 7 heterocycles. The molecule has 5 N–H and O–H groups in total. The largest absolute Gasteiger partial charge is 0.510 e. The molecule has 4 aromatic rings. The van der Waals surface area contributed by atoms with Crippen LogP contribution in [-0.2, 0) is 73.1 Å². The molecule has 0 radical (unpaired) electrons. The fourth-order valence-electron chi connectivity index (χ4n) is 9.49. The van der Waals surface area contributed by atoms with Crippen LogP contribution < -0.4 is 25.1 Å². The van der Waals surface area contributed by atoms with Gasteiger partial charge in [0, 0.05) is 54.7 Å². The number of carboxylic acid groups (broad SMARTS) is 1. The summed E-state index contributed by atoms with van der Waals surface area (Å²) in [6.07, 6.45) is -7.85. The Morgan fingerprint density at radius 2 is 1.67 bits per heavy atom. The van der Waals surface area contributed by atoms with Gasteiger partial charge in [0.25, 0.3) is 17.4 Å².